The Hall–Kier alpha value is -1.31. The van der Waals surface area contributed by atoms with E-state index in [1.54, 1.807) is 12.3 Å². The van der Waals surface area contributed by atoms with E-state index in [1.807, 2.05) is 6.07 Å². The van der Waals surface area contributed by atoms with Gasteiger partial charge in [-0.15, -0.1) is 0 Å². The first-order valence-corrected chi connectivity index (χ1v) is 6.92. The van der Waals surface area contributed by atoms with Gasteiger partial charge in [0.1, 0.15) is 16.9 Å². The summed E-state index contributed by atoms with van der Waals surface area (Å²) >= 11 is 6.15. The second-order valence-corrected chi connectivity index (χ2v) is 5.76. The van der Waals surface area contributed by atoms with Crippen molar-refractivity contribution < 1.29 is 5.11 Å². The summed E-state index contributed by atoms with van der Waals surface area (Å²) in [5.74, 6) is 1.18. The molecule has 0 aliphatic heterocycles. The molecular formula is C14H18ClN3O. The van der Waals surface area contributed by atoms with Crippen LogP contribution in [0.1, 0.15) is 38.2 Å². The summed E-state index contributed by atoms with van der Waals surface area (Å²) in [6.07, 6.45) is 5.48. The quantitative estimate of drug-likeness (QED) is 0.892. The van der Waals surface area contributed by atoms with Crippen LogP contribution in [-0.2, 0) is 0 Å². The van der Waals surface area contributed by atoms with Crippen LogP contribution in [0.25, 0.3) is 0 Å². The number of nitrogens with zero attached hydrogens (tertiary/aromatic N) is 2. The fourth-order valence-corrected chi connectivity index (χ4v) is 2.71. The molecule has 4 nitrogen and oxygen atoms in total. The molecule has 0 unspecified atom stereocenters. The van der Waals surface area contributed by atoms with E-state index in [-0.39, 0.29) is 12.1 Å². The van der Waals surface area contributed by atoms with Gasteiger partial charge < -0.3 is 10.4 Å². The van der Waals surface area contributed by atoms with Gasteiger partial charge in [-0.2, -0.15) is 5.26 Å². The van der Waals surface area contributed by atoms with Crippen molar-refractivity contribution in [1.82, 2.24) is 4.98 Å². The van der Waals surface area contributed by atoms with Crippen molar-refractivity contribution in [3.8, 4) is 6.07 Å². The normalized spacial score (nSPS) is 26.7. The van der Waals surface area contributed by atoms with Crippen molar-refractivity contribution in [3.63, 3.8) is 0 Å². The van der Waals surface area contributed by atoms with Gasteiger partial charge in [0.2, 0.25) is 0 Å². The largest absolute Gasteiger partial charge is 0.394 e. The number of hydrogen-bond donors (Lipinski definition) is 2. The lowest BCUT2D eigenvalue weighted by Gasteiger charge is -2.39. The Morgan fingerprint density at radius 3 is 2.84 bits per heavy atom. The van der Waals surface area contributed by atoms with E-state index in [0.29, 0.717) is 22.3 Å². The molecule has 102 valence electrons. The minimum Gasteiger partial charge on any atom is -0.394 e. The second-order valence-electron chi connectivity index (χ2n) is 5.38. The van der Waals surface area contributed by atoms with Gasteiger partial charge in [-0.05, 0) is 37.7 Å². The van der Waals surface area contributed by atoms with Gasteiger partial charge in [-0.1, -0.05) is 18.5 Å². The molecule has 1 aliphatic rings. The predicted octanol–water partition coefficient (Wildman–Crippen LogP) is 2.96. The third kappa shape index (κ3) is 2.99. The summed E-state index contributed by atoms with van der Waals surface area (Å²) in [5.41, 5.74) is 0.0356. The summed E-state index contributed by atoms with van der Waals surface area (Å²) in [5, 5.41) is 22.3. The molecule has 19 heavy (non-hydrogen) atoms. The maximum Gasteiger partial charge on any atom is 0.146 e. The van der Waals surface area contributed by atoms with Crippen molar-refractivity contribution in [2.45, 2.75) is 38.1 Å². The molecule has 0 spiro atoms. The lowest BCUT2D eigenvalue weighted by atomic mass is 9.77. The first kappa shape index (κ1) is 14.1. The van der Waals surface area contributed by atoms with Gasteiger partial charge in [0, 0.05) is 6.20 Å². The van der Waals surface area contributed by atoms with E-state index >= 15 is 0 Å². The number of nitrogens with one attached hydrogen (secondary N) is 1. The lowest BCUT2D eigenvalue weighted by molar-refractivity contribution is 0.155. The zero-order chi connectivity index (χ0) is 13.9. The van der Waals surface area contributed by atoms with Crippen LogP contribution in [-0.4, -0.2) is 22.2 Å². The number of aliphatic hydroxyl groups is 1. The molecule has 0 amide bonds. The summed E-state index contributed by atoms with van der Waals surface area (Å²) < 4.78 is 0. The van der Waals surface area contributed by atoms with E-state index in [1.165, 1.54) is 0 Å². The number of anilines is 1. The lowest BCUT2D eigenvalue weighted by Crippen LogP contribution is -2.45. The Morgan fingerprint density at radius 1 is 1.58 bits per heavy atom. The molecule has 1 heterocycles. The number of hydrogen-bond acceptors (Lipinski definition) is 4. The van der Waals surface area contributed by atoms with E-state index in [4.69, 9.17) is 16.9 Å². The van der Waals surface area contributed by atoms with Crippen LogP contribution in [0.4, 0.5) is 5.82 Å². The van der Waals surface area contributed by atoms with E-state index in [2.05, 4.69) is 17.2 Å². The van der Waals surface area contributed by atoms with E-state index in [9.17, 15) is 5.11 Å². The Bertz CT molecular complexity index is 490. The third-order valence-corrected chi connectivity index (χ3v) is 4.31. The first-order valence-electron chi connectivity index (χ1n) is 6.54. The molecule has 0 bridgehead atoms. The predicted molar refractivity (Wildman–Crippen MR) is 75.0 cm³/mol. The maximum absolute atomic E-state index is 9.71. The van der Waals surface area contributed by atoms with E-state index < -0.39 is 0 Å². The van der Waals surface area contributed by atoms with Crippen LogP contribution in [0.2, 0.25) is 5.02 Å². The van der Waals surface area contributed by atoms with Crippen molar-refractivity contribution >= 4 is 17.4 Å². The summed E-state index contributed by atoms with van der Waals surface area (Å²) in [4.78, 5) is 4.19. The number of rotatable bonds is 3. The van der Waals surface area contributed by atoms with Gasteiger partial charge in [-0.3, -0.25) is 0 Å². The number of aliphatic hydroxyl groups excluding tert-OH is 1. The van der Waals surface area contributed by atoms with Gasteiger partial charge in [0.25, 0.3) is 0 Å². The minimum atomic E-state index is -0.364. The van der Waals surface area contributed by atoms with Crippen LogP contribution in [0.3, 0.4) is 0 Å². The molecule has 1 fully saturated rings. The molecule has 0 aromatic carbocycles. The highest BCUT2D eigenvalue weighted by Gasteiger charge is 2.34. The molecule has 1 saturated carbocycles. The number of halogens is 1. The Kier molecular flexibility index (Phi) is 4.28. The topological polar surface area (TPSA) is 68.9 Å². The number of pyridine rings is 1. The molecular weight excluding hydrogens is 262 g/mol. The van der Waals surface area contributed by atoms with Gasteiger partial charge in [0.15, 0.2) is 0 Å². The molecule has 5 heteroatoms. The third-order valence-electron chi connectivity index (χ3n) is 3.93. The zero-order valence-corrected chi connectivity index (χ0v) is 11.7. The first-order chi connectivity index (χ1) is 9.10. The highest BCUT2D eigenvalue weighted by Crippen LogP contribution is 2.35. The number of nitriles is 1. The average molecular weight is 280 g/mol. The molecule has 0 atom stereocenters. The SMILES string of the molecule is CC1CCC(CO)(Nc2nccc(C#N)c2Cl)CC1. The standard InChI is InChI=1S/C14H18ClN3O/c1-10-2-5-14(9-19,6-3-10)18-13-12(15)11(8-16)4-7-17-13/h4,7,10,19H,2-3,5-6,9H2,1H3,(H,17,18). The van der Waals surface area contributed by atoms with Crippen LogP contribution in [0, 0.1) is 17.2 Å². The summed E-state index contributed by atoms with van der Waals surface area (Å²) in [7, 11) is 0. The fraction of sp³-hybridized carbons (Fsp3) is 0.571. The zero-order valence-electron chi connectivity index (χ0n) is 11.0. The Balaban J connectivity index is 2.22. The van der Waals surface area contributed by atoms with Gasteiger partial charge >= 0.3 is 0 Å². The average Bonchev–Trinajstić information content (AvgIpc) is 2.44. The smallest absolute Gasteiger partial charge is 0.146 e. The van der Waals surface area contributed by atoms with Crippen molar-refractivity contribution in [2.75, 3.05) is 11.9 Å². The summed E-state index contributed by atoms with van der Waals surface area (Å²) in [6, 6.07) is 3.62. The highest BCUT2D eigenvalue weighted by atomic mass is 35.5. The highest BCUT2D eigenvalue weighted by molar-refractivity contribution is 6.34. The van der Waals surface area contributed by atoms with Crippen LogP contribution in [0.5, 0.6) is 0 Å². The maximum atomic E-state index is 9.71. The molecule has 0 saturated heterocycles. The molecule has 1 aliphatic carbocycles. The Labute approximate surface area is 118 Å². The van der Waals surface area contributed by atoms with Crippen molar-refractivity contribution in [3.05, 3.63) is 22.8 Å². The molecule has 0 radical (unpaired) electrons. The minimum absolute atomic E-state index is 0.0501. The number of aromatic nitrogens is 1. The van der Waals surface area contributed by atoms with Gasteiger partial charge in [0.05, 0.1) is 17.7 Å². The summed E-state index contributed by atoms with van der Waals surface area (Å²) in [6.45, 7) is 2.28. The monoisotopic (exact) mass is 279 g/mol. The molecule has 1 aromatic heterocycles. The van der Waals surface area contributed by atoms with Crippen molar-refractivity contribution in [1.29, 1.82) is 5.26 Å². The van der Waals surface area contributed by atoms with Crippen LogP contribution in [0.15, 0.2) is 12.3 Å². The molecule has 1 aromatic rings. The fourth-order valence-electron chi connectivity index (χ4n) is 2.51. The molecule has 2 rings (SSSR count). The second kappa shape index (κ2) is 5.77. The van der Waals surface area contributed by atoms with Crippen LogP contribution < -0.4 is 5.32 Å². The van der Waals surface area contributed by atoms with Crippen molar-refractivity contribution in [2.24, 2.45) is 5.92 Å². The molecule has 2 N–H and O–H groups in total. The van der Waals surface area contributed by atoms with E-state index in [0.717, 1.165) is 25.7 Å². The van der Waals surface area contributed by atoms with Gasteiger partial charge in [-0.25, -0.2) is 4.98 Å². The van der Waals surface area contributed by atoms with Crippen LogP contribution >= 0.6 is 11.6 Å². The Morgan fingerprint density at radius 2 is 2.26 bits per heavy atom.